The molecule has 3 aromatic rings. The quantitative estimate of drug-likeness (QED) is 0.787. The molecule has 0 unspecified atom stereocenters. The molecule has 0 atom stereocenters. The Kier molecular flexibility index (Phi) is 4.06. The molecule has 1 heterocycles. The minimum Gasteiger partial charge on any atom is -0.550 e. The number of anilines is 1. The minimum atomic E-state index is -1.13. The van der Waals surface area contributed by atoms with Crippen LogP contribution in [0.1, 0.15) is 19.3 Å². The van der Waals surface area contributed by atoms with E-state index in [0.717, 1.165) is 11.1 Å². The van der Waals surface area contributed by atoms with Crippen LogP contribution in [0.25, 0.3) is 20.2 Å². The maximum Gasteiger partial charge on any atom is 0.224 e. The molecule has 3 rings (SSSR count). The molecular weight excluding hydrogens is 298 g/mol. The van der Waals surface area contributed by atoms with Gasteiger partial charge in [-0.3, -0.25) is 4.79 Å². The Bertz CT molecular complexity index is 853. The number of aliphatic carboxylic acids is 1. The first kappa shape index (κ1) is 14.5. The summed E-state index contributed by atoms with van der Waals surface area (Å²) in [6.07, 6.45) is 0.371. The van der Waals surface area contributed by atoms with Gasteiger partial charge in [0.05, 0.1) is 0 Å². The van der Waals surface area contributed by atoms with Gasteiger partial charge in [0.2, 0.25) is 5.91 Å². The lowest BCUT2D eigenvalue weighted by Gasteiger charge is -2.06. The highest BCUT2D eigenvalue weighted by atomic mass is 32.1. The largest absolute Gasteiger partial charge is 0.550 e. The number of carbonyl (C=O) groups is 2. The van der Waals surface area contributed by atoms with Crippen molar-refractivity contribution in [1.29, 1.82) is 0 Å². The summed E-state index contributed by atoms with van der Waals surface area (Å²) in [6.45, 7) is 0. The van der Waals surface area contributed by atoms with Gasteiger partial charge in [0.15, 0.2) is 0 Å². The van der Waals surface area contributed by atoms with Gasteiger partial charge in [0, 0.05) is 38.2 Å². The van der Waals surface area contributed by atoms with E-state index in [1.54, 1.807) is 11.3 Å². The molecule has 112 valence electrons. The van der Waals surface area contributed by atoms with Crippen molar-refractivity contribution >= 4 is 49.1 Å². The van der Waals surface area contributed by atoms with Crippen LogP contribution in [0.15, 0.2) is 42.5 Å². The van der Waals surface area contributed by atoms with Crippen LogP contribution in [0, 0.1) is 0 Å². The van der Waals surface area contributed by atoms with E-state index in [9.17, 15) is 14.7 Å². The van der Waals surface area contributed by atoms with E-state index in [1.165, 1.54) is 14.8 Å². The van der Waals surface area contributed by atoms with Crippen LogP contribution in [0.3, 0.4) is 0 Å². The van der Waals surface area contributed by atoms with E-state index in [1.807, 2.05) is 30.3 Å². The zero-order valence-electron chi connectivity index (χ0n) is 11.8. The Hall–Kier alpha value is -2.40. The topological polar surface area (TPSA) is 69.2 Å². The van der Waals surface area contributed by atoms with E-state index in [0.29, 0.717) is 0 Å². The fraction of sp³-hybridized carbons (Fsp3) is 0.176. The van der Waals surface area contributed by atoms with Gasteiger partial charge in [0.25, 0.3) is 0 Å². The number of amides is 1. The van der Waals surface area contributed by atoms with E-state index in [-0.39, 0.29) is 25.2 Å². The molecule has 1 aromatic heterocycles. The molecular formula is C17H14NO3S-. The van der Waals surface area contributed by atoms with E-state index >= 15 is 0 Å². The lowest BCUT2D eigenvalue weighted by atomic mass is 10.1. The second-order valence-corrected chi connectivity index (χ2v) is 6.17. The number of benzene rings is 2. The molecule has 1 amide bonds. The van der Waals surface area contributed by atoms with E-state index < -0.39 is 5.97 Å². The van der Waals surface area contributed by atoms with Crippen LogP contribution >= 0.6 is 11.3 Å². The molecule has 0 fully saturated rings. The normalized spacial score (nSPS) is 10.9. The zero-order chi connectivity index (χ0) is 15.5. The van der Waals surface area contributed by atoms with Crippen molar-refractivity contribution in [2.75, 3.05) is 5.32 Å². The first-order valence-corrected chi connectivity index (χ1v) is 7.86. The highest BCUT2D eigenvalue weighted by Gasteiger charge is 2.07. The van der Waals surface area contributed by atoms with Crippen LogP contribution < -0.4 is 10.4 Å². The number of thiophene rings is 1. The van der Waals surface area contributed by atoms with Gasteiger partial charge in [-0.25, -0.2) is 0 Å². The van der Waals surface area contributed by atoms with Crippen molar-refractivity contribution in [2.24, 2.45) is 0 Å². The molecule has 0 aliphatic carbocycles. The number of hydrogen-bond acceptors (Lipinski definition) is 4. The fourth-order valence-electron chi connectivity index (χ4n) is 2.42. The Morgan fingerprint density at radius 2 is 1.77 bits per heavy atom. The van der Waals surface area contributed by atoms with Crippen molar-refractivity contribution < 1.29 is 14.7 Å². The molecule has 0 radical (unpaired) electrons. The second kappa shape index (κ2) is 6.15. The molecule has 0 saturated heterocycles. The van der Waals surface area contributed by atoms with Crippen LogP contribution in [-0.2, 0) is 9.59 Å². The van der Waals surface area contributed by atoms with Crippen molar-refractivity contribution in [1.82, 2.24) is 0 Å². The van der Waals surface area contributed by atoms with Crippen LogP contribution in [-0.4, -0.2) is 11.9 Å². The number of carboxylic acids is 1. The lowest BCUT2D eigenvalue weighted by molar-refractivity contribution is -0.305. The number of fused-ring (bicyclic) bond motifs is 3. The summed E-state index contributed by atoms with van der Waals surface area (Å²) in [5.41, 5.74) is 0.731. The molecule has 0 aliphatic rings. The highest BCUT2D eigenvalue weighted by molar-refractivity contribution is 7.25. The Morgan fingerprint density at radius 1 is 1.00 bits per heavy atom. The molecule has 0 saturated carbocycles. The third-order valence-electron chi connectivity index (χ3n) is 3.45. The maximum absolute atomic E-state index is 11.8. The fourth-order valence-corrected chi connectivity index (χ4v) is 3.51. The summed E-state index contributed by atoms with van der Waals surface area (Å²) in [5, 5.41) is 15.4. The summed E-state index contributed by atoms with van der Waals surface area (Å²) >= 11 is 1.72. The molecule has 4 nitrogen and oxygen atoms in total. The third kappa shape index (κ3) is 3.09. The summed E-state index contributed by atoms with van der Waals surface area (Å²) in [5.74, 6) is -1.31. The van der Waals surface area contributed by atoms with Gasteiger partial charge >= 0.3 is 0 Å². The highest BCUT2D eigenvalue weighted by Crippen LogP contribution is 2.35. The van der Waals surface area contributed by atoms with Gasteiger partial charge in [-0.2, -0.15) is 0 Å². The predicted octanol–water partition coefficient (Wildman–Crippen LogP) is 2.91. The van der Waals surface area contributed by atoms with E-state index in [4.69, 9.17) is 0 Å². The number of hydrogen-bond donors (Lipinski definition) is 1. The van der Waals surface area contributed by atoms with Gasteiger partial charge in [-0.15, -0.1) is 11.3 Å². The SMILES string of the molecule is O=C([O-])CCCC(=O)Nc1ccc2sc3ccccc3c2c1. The van der Waals surface area contributed by atoms with Gasteiger partial charge in [0.1, 0.15) is 0 Å². The average molecular weight is 312 g/mol. The van der Waals surface area contributed by atoms with Gasteiger partial charge in [-0.05, 0) is 37.1 Å². The summed E-state index contributed by atoms with van der Waals surface area (Å²) in [4.78, 5) is 22.1. The minimum absolute atomic E-state index is 0.0956. The van der Waals surface area contributed by atoms with Crippen molar-refractivity contribution in [3.8, 4) is 0 Å². The molecule has 2 aromatic carbocycles. The molecule has 0 spiro atoms. The Morgan fingerprint density at radius 3 is 2.59 bits per heavy atom. The summed E-state index contributed by atoms with van der Waals surface area (Å²) in [6, 6.07) is 14.0. The smallest absolute Gasteiger partial charge is 0.224 e. The monoisotopic (exact) mass is 312 g/mol. The van der Waals surface area contributed by atoms with E-state index in [2.05, 4.69) is 17.4 Å². The first-order valence-electron chi connectivity index (χ1n) is 7.04. The van der Waals surface area contributed by atoms with Gasteiger partial charge in [-0.1, -0.05) is 18.2 Å². The van der Waals surface area contributed by atoms with Gasteiger partial charge < -0.3 is 15.2 Å². The van der Waals surface area contributed by atoms with Crippen molar-refractivity contribution in [3.63, 3.8) is 0 Å². The molecule has 0 aliphatic heterocycles. The summed E-state index contributed by atoms with van der Waals surface area (Å²) in [7, 11) is 0. The Labute approximate surface area is 131 Å². The average Bonchev–Trinajstić information content (AvgIpc) is 2.85. The zero-order valence-corrected chi connectivity index (χ0v) is 12.6. The van der Waals surface area contributed by atoms with Crippen LogP contribution in [0.4, 0.5) is 5.69 Å². The lowest BCUT2D eigenvalue weighted by Crippen LogP contribution is -2.22. The van der Waals surface area contributed by atoms with Crippen LogP contribution in [0.2, 0.25) is 0 Å². The number of carboxylic acid groups (broad SMARTS) is 1. The summed E-state index contributed by atoms with van der Waals surface area (Å²) < 4.78 is 2.39. The second-order valence-electron chi connectivity index (χ2n) is 5.08. The maximum atomic E-state index is 11.8. The molecule has 1 N–H and O–H groups in total. The number of rotatable bonds is 5. The molecule has 22 heavy (non-hydrogen) atoms. The predicted molar refractivity (Wildman–Crippen MR) is 86.8 cm³/mol. The molecule has 0 bridgehead atoms. The van der Waals surface area contributed by atoms with Crippen molar-refractivity contribution in [3.05, 3.63) is 42.5 Å². The standard InChI is InChI=1S/C17H15NO3S/c19-16(6-3-7-17(20)21)18-11-8-9-15-13(10-11)12-4-1-2-5-14(12)22-15/h1-2,4-5,8-10H,3,6-7H2,(H,18,19)(H,20,21)/p-1. The molecule has 5 heteroatoms. The van der Waals surface area contributed by atoms with Crippen molar-refractivity contribution in [2.45, 2.75) is 19.3 Å². The van der Waals surface area contributed by atoms with Crippen LogP contribution in [0.5, 0.6) is 0 Å². The Balaban J connectivity index is 1.78. The first-order chi connectivity index (χ1) is 10.6. The number of carbonyl (C=O) groups excluding carboxylic acids is 2. The number of nitrogens with one attached hydrogen (secondary N) is 1. The third-order valence-corrected chi connectivity index (χ3v) is 4.60.